The Balaban J connectivity index is 2.01. The van der Waals surface area contributed by atoms with Crippen molar-refractivity contribution in [3.63, 3.8) is 0 Å². The number of benzene rings is 1. The summed E-state index contributed by atoms with van der Waals surface area (Å²) in [5.74, 6) is 1.43. The fourth-order valence-corrected chi connectivity index (χ4v) is 2.51. The molecule has 0 unspecified atom stereocenters. The van der Waals surface area contributed by atoms with E-state index in [2.05, 4.69) is 21.8 Å². The molecule has 2 heterocycles. The van der Waals surface area contributed by atoms with Gasteiger partial charge in [0.05, 0.1) is 10.9 Å². The Bertz CT molecular complexity index is 656. The van der Waals surface area contributed by atoms with Crippen LogP contribution in [-0.4, -0.2) is 23.1 Å². The molecule has 19 heavy (non-hydrogen) atoms. The standard InChI is InChI=1S/C14H18N4O/c1-9-4-6-18(7-5-9)14-16-12-3-2-10(15)8-11(12)13(19)17-14/h2-3,8-9H,4-7,15H2,1H3,(H,16,17,19). The maximum absolute atomic E-state index is 12.1. The number of hydrogen-bond acceptors (Lipinski definition) is 4. The average Bonchev–Trinajstić information content (AvgIpc) is 2.40. The number of piperidine rings is 1. The van der Waals surface area contributed by atoms with Crippen molar-refractivity contribution in [3.8, 4) is 0 Å². The van der Waals surface area contributed by atoms with Gasteiger partial charge in [-0.05, 0) is 37.0 Å². The number of nitrogen functional groups attached to an aromatic ring is 1. The number of anilines is 2. The zero-order valence-electron chi connectivity index (χ0n) is 11.0. The van der Waals surface area contributed by atoms with Gasteiger partial charge in [0.1, 0.15) is 0 Å². The summed E-state index contributed by atoms with van der Waals surface area (Å²) in [6.45, 7) is 4.16. The summed E-state index contributed by atoms with van der Waals surface area (Å²) in [5, 5.41) is 0.550. The van der Waals surface area contributed by atoms with Crippen molar-refractivity contribution in [2.45, 2.75) is 19.8 Å². The number of nitrogens with one attached hydrogen (secondary N) is 1. The molecule has 0 spiro atoms. The van der Waals surface area contributed by atoms with Crippen LogP contribution in [0.2, 0.25) is 0 Å². The Kier molecular flexibility index (Phi) is 2.89. The van der Waals surface area contributed by atoms with E-state index in [-0.39, 0.29) is 5.56 Å². The molecule has 3 rings (SSSR count). The molecule has 0 saturated carbocycles. The first-order chi connectivity index (χ1) is 9.13. The zero-order valence-corrected chi connectivity index (χ0v) is 11.0. The molecule has 0 atom stereocenters. The van der Waals surface area contributed by atoms with Gasteiger partial charge in [-0.25, -0.2) is 4.98 Å². The first kappa shape index (κ1) is 12.0. The van der Waals surface area contributed by atoms with Crippen LogP contribution in [0.4, 0.5) is 11.6 Å². The van der Waals surface area contributed by atoms with Crippen LogP contribution in [0.1, 0.15) is 19.8 Å². The molecular weight excluding hydrogens is 240 g/mol. The van der Waals surface area contributed by atoms with Crippen molar-refractivity contribution in [3.05, 3.63) is 28.6 Å². The van der Waals surface area contributed by atoms with E-state index in [4.69, 9.17) is 5.73 Å². The monoisotopic (exact) mass is 258 g/mol. The predicted octanol–water partition coefficient (Wildman–Crippen LogP) is 1.74. The van der Waals surface area contributed by atoms with Gasteiger partial charge in [0.2, 0.25) is 5.95 Å². The summed E-state index contributed by atoms with van der Waals surface area (Å²) in [7, 11) is 0. The van der Waals surface area contributed by atoms with E-state index in [1.54, 1.807) is 18.2 Å². The van der Waals surface area contributed by atoms with E-state index in [1.165, 1.54) is 0 Å². The Morgan fingerprint density at radius 2 is 2.11 bits per heavy atom. The number of aromatic amines is 1. The summed E-state index contributed by atoms with van der Waals surface area (Å²) < 4.78 is 0. The maximum atomic E-state index is 12.1. The molecule has 100 valence electrons. The van der Waals surface area contributed by atoms with Crippen LogP contribution in [-0.2, 0) is 0 Å². The maximum Gasteiger partial charge on any atom is 0.260 e. The lowest BCUT2D eigenvalue weighted by Gasteiger charge is -2.30. The van der Waals surface area contributed by atoms with Crippen molar-refractivity contribution in [1.82, 2.24) is 9.97 Å². The molecule has 1 aromatic carbocycles. The van der Waals surface area contributed by atoms with Crippen molar-refractivity contribution in [1.29, 1.82) is 0 Å². The lowest BCUT2D eigenvalue weighted by atomic mass is 10.00. The van der Waals surface area contributed by atoms with E-state index in [1.807, 2.05) is 0 Å². The van der Waals surface area contributed by atoms with Gasteiger partial charge >= 0.3 is 0 Å². The zero-order chi connectivity index (χ0) is 13.4. The topological polar surface area (TPSA) is 75.0 Å². The van der Waals surface area contributed by atoms with Crippen LogP contribution in [0, 0.1) is 5.92 Å². The minimum absolute atomic E-state index is 0.120. The lowest BCUT2D eigenvalue weighted by Crippen LogP contribution is -2.35. The number of nitrogens with two attached hydrogens (primary N) is 1. The normalized spacial score (nSPS) is 17.0. The number of fused-ring (bicyclic) bond motifs is 1. The molecule has 1 aliphatic heterocycles. The second kappa shape index (κ2) is 4.57. The van der Waals surface area contributed by atoms with Crippen molar-refractivity contribution in [2.24, 2.45) is 5.92 Å². The Labute approximate surface area is 111 Å². The average molecular weight is 258 g/mol. The quantitative estimate of drug-likeness (QED) is 0.764. The second-order valence-corrected chi connectivity index (χ2v) is 5.34. The predicted molar refractivity (Wildman–Crippen MR) is 77.4 cm³/mol. The molecule has 0 bridgehead atoms. The van der Waals surface area contributed by atoms with E-state index < -0.39 is 0 Å². The minimum atomic E-state index is -0.120. The number of H-pyrrole nitrogens is 1. The molecule has 1 aromatic heterocycles. The van der Waals surface area contributed by atoms with Crippen molar-refractivity contribution >= 4 is 22.5 Å². The highest BCUT2D eigenvalue weighted by atomic mass is 16.1. The SMILES string of the molecule is CC1CCN(c2nc3ccc(N)cc3c(=O)[nH]2)CC1. The van der Waals surface area contributed by atoms with Crippen LogP contribution in [0.5, 0.6) is 0 Å². The van der Waals surface area contributed by atoms with Gasteiger partial charge < -0.3 is 10.6 Å². The van der Waals surface area contributed by atoms with Gasteiger partial charge in [0.25, 0.3) is 5.56 Å². The number of hydrogen-bond donors (Lipinski definition) is 2. The molecule has 5 nitrogen and oxygen atoms in total. The Morgan fingerprint density at radius 1 is 1.37 bits per heavy atom. The molecular formula is C14H18N4O. The summed E-state index contributed by atoms with van der Waals surface area (Å²) in [5.41, 5.74) is 6.86. The number of rotatable bonds is 1. The fraction of sp³-hybridized carbons (Fsp3) is 0.429. The van der Waals surface area contributed by atoms with Gasteiger partial charge in [-0.3, -0.25) is 9.78 Å². The van der Waals surface area contributed by atoms with Crippen LogP contribution in [0.25, 0.3) is 10.9 Å². The first-order valence-electron chi connectivity index (χ1n) is 6.68. The molecule has 1 saturated heterocycles. The third-order valence-corrected chi connectivity index (χ3v) is 3.80. The molecule has 0 aliphatic carbocycles. The highest BCUT2D eigenvalue weighted by Crippen LogP contribution is 2.21. The van der Waals surface area contributed by atoms with Gasteiger partial charge in [0, 0.05) is 18.8 Å². The van der Waals surface area contributed by atoms with E-state index >= 15 is 0 Å². The second-order valence-electron chi connectivity index (χ2n) is 5.34. The molecule has 0 amide bonds. The summed E-state index contributed by atoms with van der Waals surface area (Å²) in [6.07, 6.45) is 2.28. The third-order valence-electron chi connectivity index (χ3n) is 3.80. The fourth-order valence-electron chi connectivity index (χ4n) is 2.51. The molecule has 3 N–H and O–H groups in total. The van der Waals surface area contributed by atoms with Gasteiger partial charge in [-0.15, -0.1) is 0 Å². The Morgan fingerprint density at radius 3 is 2.84 bits per heavy atom. The van der Waals surface area contributed by atoms with Crippen LogP contribution < -0.4 is 16.2 Å². The van der Waals surface area contributed by atoms with Gasteiger partial charge in [-0.2, -0.15) is 0 Å². The molecule has 1 aliphatic rings. The third kappa shape index (κ3) is 2.28. The van der Waals surface area contributed by atoms with E-state index in [0.29, 0.717) is 22.5 Å². The number of aromatic nitrogens is 2. The highest BCUT2D eigenvalue weighted by Gasteiger charge is 2.18. The largest absolute Gasteiger partial charge is 0.399 e. The van der Waals surface area contributed by atoms with Crippen molar-refractivity contribution in [2.75, 3.05) is 23.7 Å². The number of nitrogens with zero attached hydrogens (tertiary/aromatic N) is 2. The van der Waals surface area contributed by atoms with Gasteiger partial charge in [-0.1, -0.05) is 6.92 Å². The summed E-state index contributed by atoms with van der Waals surface area (Å²) >= 11 is 0. The minimum Gasteiger partial charge on any atom is -0.399 e. The molecule has 5 heteroatoms. The lowest BCUT2D eigenvalue weighted by molar-refractivity contribution is 0.434. The summed E-state index contributed by atoms with van der Waals surface area (Å²) in [4.78, 5) is 21.6. The highest BCUT2D eigenvalue weighted by molar-refractivity contribution is 5.81. The Hall–Kier alpha value is -2.04. The smallest absolute Gasteiger partial charge is 0.260 e. The van der Waals surface area contributed by atoms with Gasteiger partial charge in [0.15, 0.2) is 0 Å². The van der Waals surface area contributed by atoms with Crippen LogP contribution in [0.15, 0.2) is 23.0 Å². The van der Waals surface area contributed by atoms with E-state index in [9.17, 15) is 4.79 Å². The van der Waals surface area contributed by atoms with E-state index in [0.717, 1.165) is 31.8 Å². The molecule has 1 fully saturated rings. The van der Waals surface area contributed by atoms with Crippen LogP contribution >= 0.6 is 0 Å². The summed E-state index contributed by atoms with van der Waals surface area (Å²) in [6, 6.07) is 5.25. The molecule has 2 aromatic rings. The first-order valence-corrected chi connectivity index (χ1v) is 6.68. The molecule has 0 radical (unpaired) electrons. The van der Waals surface area contributed by atoms with Crippen molar-refractivity contribution < 1.29 is 0 Å². The van der Waals surface area contributed by atoms with Crippen LogP contribution in [0.3, 0.4) is 0 Å².